The molecule has 1 atom stereocenters. The van der Waals surface area contributed by atoms with Crippen LogP contribution in [-0.2, 0) is 4.79 Å². The molecule has 0 aromatic heterocycles. The van der Waals surface area contributed by atoms with Gasteiger partial charge in [-0.3, -0.25) is 4.79 Å². The standard InChI is InChI=1S/C11H15FN2O/c1-8(7-14-11(15)6-13)9-2-4-10(12)5-3-9/h2-5,8H,6-7,13H2,1H3,(H,14,15). The number of hydrogen-bond donors (Lipinski definition) is 2. The van der Waals surface area contributed by atoms with Crippen LogP contribution in [0.3, 0.4) is 0 Å². The molecule has 1 aromatic carbocycles. The Kier molecular flexibility index (Phi) is 4.24. The van der Waals surface area contributed by atoms with Gasteiger partial charge in [0.15, 0.2) is 0 Å². The van der Waals surface area contributed by atoms with Crippen molar-refractivity contribution < 1.29 is 9.18 Å². The lowest BCUT2D eigenvalue weighted by Crippen LogP contribution is -2.32. The van der Waals surface area contributed by atoms with Crippen LogP contribution in [0.2, 0.25) is 0 Å². The molecule has 0 radical (unpaired) electrons. The largest absolute Gasteiger partial charge is 0.354 e. The molecule has 1 amide bonds. The fourth-order valence-electron chi connectivity index (χ4n) is 1.25. The average molecular weight is 210 g/mol. The number of nitrogens with two attached hydrogens (primary N) is 1. The Morgan fingerprint density at radius 3 is 2.60 bits per heavy atom. The fourth-order valence-corrected chi connectivity index (χ4v) is 1.25. The number of hydrogen-bond acceptors (Lipinski definition) is 2. The summed E-state index contributed by atoms with van der Waals surface area (Å²) in [6.45, 7) is 2.47. The molecular weight excluding hydrogens is 195 g/mol. The van der Waals surface area contributed by atoms with Gasteiger partial charge in [-0.1, -0.05) is 19.1 Å². The smallest absolute Gasteiger partial charge is 0.233 e. The molecule has 3 nitrogen and oxygen atoms in total. The summed E-state index contributed by atoms with van der Waals surface area (Å²) in [5.41, 5.74) is 6.15. The molecule has 1 unspecified atom stereocenters. The minimum atomic E-state index is -0.253. The lowest BCUT2D eigenvalue weighted by molar-refractivity contribution is -0.119. The summed E-state index contributed by atoms with van der Waals surface area (Å²) in [6.07, 6.45) is 0. The molecule has 4 heteroatoms. The highest BCUT2D eigenvalue weighted by Gasteiger charge is 2.06. The summed E-state index contributed by atoms with van der Waals surface area (Å²) >= 11 is 0. The predicted molar refractivity (Wildman–Crippen MR) is 56.9 cm³/mol. The SMILES string of the molecule is CC(CNC(=O)CN)c1ccc(F)cc1. The van der Waals surface area contributed by atoms with Crippen molar-refractivity contribution in [2.45, 2.75) is 12.8 Å². The number of amides is 1. The van der Waals surface area contributed by atoms with E-state index in [1.807, 2.05) is 6.92 Å². The lowest BCUT2D eigenvalue weighted by atomic mass is 10.0. The third-order valence-electron chi connectivity index (χ3n) is 2.23. The van der Waals surface area contributed by atoms with Crippen molar-refractivity contribution in [3.05, 3.63) is 35.6 Å². The lowest BCUT2D eigenvalue weighted by Gasteiger charge is -2.12. The maximum absolute atomic E-state index is 12.6. The maximum Gasteiger partial charge on any atom is 0.233 e. The molecule has 0 aliphatic rings. The Morgan fingerprint density at radius 2 is 2.07 bits per heavy atom. The third-order valence-corrected chi connectivity index (χ3v) is 2.23. The molecule has 1 aromatic rings. The molecule has 0 saturated heterocycles. The van der Waals surface area contributed by atoms with Gasteiger partial charge in [-0.25, -0.2) is 4.39 Å². The van der Waals surface area contributed by atoms with Crippen LogP contribution < -0.4 is 11.1 Å². The second-order valence-corrected chi connectivity index (χ2v) is 3.46. The predicted octanol–water partition coefficient (Wildman–Crippen LogP) is 1.00. The molecule has 0 heterocycles. The molecule has 0 aliphatic carbocycles. The van der Waals surface area contributed by atoms with E-state index in [9.17, 15) is 9.18 Å². The summed E-state index contributed by atoms with van der Waals surface area (Å²) in [4.78, 5) is 10.9. The van der Waals surface area contributed by atoms with Crippen LogP contribution >= 0.6 is 0 Å². The Hall–Kier alpha value is -1.42. The van der Waals surface area contributed by atoms with Crippen LogP contribution in [0.25, 0.3) is 0 Å². The van der Waals surface area contributed by atoms with Crippen molar-refractivity contribution in [2.24, 2.45) is 5.73 Å². The second-order valence-electron chi connectivity index (χ2n) is 3.46. The molecule has 1 rings (SSSR count). The molecule has 3 N–H and O–H groups in total. The zero-order chi connectivity index (χ0) is 11.3. The van der Waals surface area contributed by atoms with Gasteiger partial charge in [0.2, 0.25) is 5.91 Å². The molecule has 82 valence electrons. The van der Waals surface area contributed by atoms with Gasteiger partial charge in [-0.05, 0) is 23.6 Å². The summed E-state index contributed by atoms with van der Waals surface area (Å²) in [5.74, 6) is -0.276. The van der Waals surface area contributed by atoms with Gasteiger partial charge in [0.1, 0.15) is 5.82 Å². The van der Waals surface area contributed by atoms with E-state index in [-0.39, 0.29) is 24.2 Å². The first kappa shape index (κ1) is 11.7. The Balaban J connectivity index is 2.50. The Morgan fingerprint density at radius 1 is 1.47 bits per heavy atom. The van der Waals surface area contributed by atoms with Gasteiger partial charge in [-0.2, -0.15) is 0 Å². The minimum Gasteiger partial charge on any atom is -0.354 e. The second kappa shape index (κ2) is 5.46. The van der Waals surface area contributed by atoms with Gasteiger partial charge in [-0.15, -0.1) is 0 Å². The zero-order valence-electron chi connectivity index (χ0n) is 8.66. The highest BCUT2D eigenvalue weighted by molar-refractivity contribution is 5.77. The Bertz CT molecular complexity index is 324. The van der Waals surface area contributed by atoms with E-state index < -0.39 is 0 Å². The maximum atomic E-state index is 12.6. The number of nitrogens with one attached hydrogen (secondary N) is 1. The van der Waals surface area contributed by atoms with Gasteiger partial charge < -0.3 is 11.1 Å². The van der Waals surface area contributed by atoms with Gasteiger partial charge in [0.25, 0.3) is 0 Å². The van der Waals surface area contributed by atoms with Gasteiger partial charge >= 0.3 is 0 Å². The van der Waals surface area contributed by atoms with Crippen LogP contribution in [0.5, 0.6) is 0 Å². The number of carbonyl (C=O) groups is 1. The van der Waals surface area contributed by atoms with Crippen LogP contribution in [0, 0.1) is 5.82 Å². The van der Waals surface area contributed by atoms with Gasteiger partial charge in [0, 0.05) is 6.54 Å². The van der Waals surface area contributed by atoms with E-state index in [0.717, 1.165) is 5.56 Å². The highest BCUT2D eigenvalue weighted by Crippen LogP contribution is 2.14. The number of carbonyl (C=O) groups excluding carboxylic acids is 1. The van der Waals surface area contributed by atoms with E-state index in [1.54, 1.807) is 12.1 Å². The topological polar surface area (TPSA) is 55.1 Å². The normalized spacial score (nSPS) is 12.2. The van der Waals surface area contributed by atoms with Crippen LogP contribution in [0.1, 0.15) is 18.4 Å². The van der Waals surface area contributed by atoms with Crippen molar-refractivity contribution in [1.82, 2.24) is 5.32 Å². The summed E-state index contributed by atoms with van der Waals surface area (Å²) in [7, 11) is 0. The zero-order valence-corrected chi connectivity index (χ0v) is 8.66. The van der Waals surface area contributed by atoms with Crippen molar-refractivity contribution in [3.8, 4) is 0 Å². The molecule has 0 fully saturated rings. The third kappa shape index (κ3) is 3.67. The average Bonchev–Trinajstić information content (AvgIpc) is 2.26. The van der Waals surface area contributed by atoms with E-state index in [2.05, 4.69) is 5.32 Å². The number of halogens is 1. The first-order valence-corrected chi connectivity index (χ1v) is 4.85. The minimum absolute atomic E-state index is 0.00383. The summed E-state index contributed by atoms with van der Waals surface area (Å²) < 4.78 is 12.6. The molecule has 15 heavy (non-hydrogen) atoms. The van der Waals surface area contributed by atoms with Crippen LogP contribution in [-0.4, -0.2) is 19.0 Å². The van der Waals surface area contributed by atoms with Crippen LogP contribution in [0.4, 0.5) is 4.39 Å². The first-order chi connectivity index (χ1) is 7.13. The van der Waals surface area contributed by atoms with E-state index in [1.165, 1.54) is 12.1 Å². The molecule has 0 spiro atoms. The van der Waals surface area contributed by atoms with Crippen molar-refractivity contribution in [1.29, 1.82) is 0 Å². The summed E-state index contributed by atoms with van der Waals surface area (Å²) in [6, 6.07) is 6.26. The number of benzene rings is 1. The highest BCUT2D eigenvalue weighted by atomic mass is 19.1. The first-order valence-electron chi connectivity index (χ1n) is 4.85. The van der Waals surface area contributed by atoms with Crippen molar-refractivity contribution in [3.63, 3.8) is 0 Å². The monoisotopic (exact) mass is 210 g/mol. The fraction of sp³-hybridized carbons (Fsp3) is 0.364. The Labute approximate surface area is 88.5 Å². The van der Waals surface area contributed by atoms with E-state index >= 15 is 0 Å². The quantitative estimate of drug-likeness (QED) is 0.779. The number of rotatable bonds is 4. The molecule has 0 saturated carbocycles. The van der Waals surface area contributed by atoms with Crippen molar-refractivity contribution in [2.75, 3.05) is 13.1 Å². The van der Waals surface area contributed by atoms with E-state index in [0.29, 0.717) is 6.54 Å². The van der Waals surface area contributed by atoms with Crippen molar-refractivity contribution >= 4 is 5.91 Å². The van der Waals surface area contributed by atoms with E-state index in [4.69, 9.17) is 5.73 Å². The molecule has 0 aliphatic heterocycles. The van der Waals surface area contributed by atoms with Crippen LogP contribution in [0.15, 0.2) is 24.3 Å². The molecular formula is C11H15FN2O. The molecule has 0 bridgehead atoms. The van der Waals surface area contributed by atoms with Gasteiger partial charge in [0.05, 0.1) is 6.54 Å². The summed E-state index contributed by atoms with van der Waals surface area (Å²) in [5, 5.41) is 2.69.